The Balaban J connectivity index is 0.000000188. The number of aromatic hydroxyl groups is 1. The minimum atomic E-state index is -0.473. The lowest BCUT2D eigenvalue weighted by atomic mass is 10.1. The number of ether oxygens (including phenoxy) is 5. The highest BCUT2D eigenvalue weighted by Gasteiger charge is 2.14. The second kappa shape index (κ2) is 16.0. The van der Waals surface area contributed by atoms with Crippen molar-refractivity contribution in [3.63, 3.8) is 0 Å². The molecule has 0 aliphatic carbocycles. The van der Waals surface area contributed by atoms with Gasteiger partial charge in [-0.2, -0.15) is 0 Å². The standard InChI is InChI=1S/C23H18N2O5.C16H12N2O5/c1-28-22-13-19-20(14-23(22)29-15-16-5-3-2-4-6-16)24-12-11-21(19)30-18-9-7-17(8-10-18)25(26)27;1-22-16-8-12-13(9-14(16)19)17-7-6-15(12)23-11-4-2-10(3-5-11)18(20)21/h2-14H,15H2,1H3;2-9,19H,1H3. The molecule has 2 heterocycles. The first kappa shape index (κ1) is 35.3. The topological polar surface area (TPSA) is 178 Å². The molecule has 0 spiro atoms. The second-order valence-electron chi connectivity index (χ2n) is 11.2. The summed E-state index contributed by atoms with van der Waals surface area (Å²) < 4.78 is 28.2. The maximum atomic E-state index is 10.8. The number of phenols is 1. The highest BCUT2D eigenvalue weighted by Crippen LogP contribution is 2.38. The summed E-state index contributed by atoms with van der Waals surface area (Å²) in [5, 5.41) is 32.7. The monoisotopic (exact) mass is 714 g/mol. The summed E-state index contributed by atoms with van der Waals surface area (Å²) in [6.45, 7) is 0.404. The van der Waals surface area contributed by atoms with Gasteiger partial charge in [0.15, 0.2) is 23.0 Å². The number of hydrogen-bond acceptors (Lipinski definition) is 12. The number of non-ortho nitro benzene ring substituents is 2. The number of nitrogens with zero attached hydrogens (tertiary/aromatic N) is 4. The molecule has 0 atom stereocenters. The van der Waals surface area contributed by atoms with Crippen molar-refractivity contribution in [2.75, 3.05) is 14.2 Å². The van der Waals surface area contributed by atoms with Gasteiger partial charge in [-0.15, -0.1) is 0 Å². The lowest BCUT2D eigenvalue weighted by molar-refractivity contribution is -0.385. The number of nitro groups is 2. The highest BCUT2D eigenvalue weighted by atomic mass is 16.6. The Hall–Kier alpha value is -7.48. The zero-order valence-electron chi connectivity index (χ0n) is 28.2. The minimum Gasteiger partial charge on any atom is -0.504 e. The van der Waals surface area contributed by atoms with Gasteiger partial charge < -0.3 is 28.8 Å². The van der Waals surface area contributed by atoms with Crippen LogP contribution in [0.4, 0.5) is 11.4 Å². The maximum Gasteiger partial charge on any atom is 0.269 e. The maximum absolute atomic E-state index is 10.8. The number of aromatic nitrogens is 2. The number of nitro benzene ring substituents is 2. The molecule has 0 unspecified atom stereocenters. The van der Waals surface area contributed by atoms with Crippen molar-refractivity contribution >= 4 is 33.2 Å². The van der Waals surface area contributed by atoms with E-state index >= 15 is 0 Å². The van der Waals surface area contributed by atoms with E-state index in [4.69, 9.17) is 23.7 Å². The van der Waals surface area contributed by atoms with Gasteiger partial charge in [-0.25, -0.2) is 0 Å². The van der Waals surface area contributed by atoms with Crippen LogP contribution in [0.15, 0.2) is 128 Å². The fourth-order valence-corrected chi connectivity index (χ4v) is 5.14. The average molecular weight is 715 g/mol. The zero-order valence-corrected chi connectivity index (χ0v) is 28.2. The van der Waals surface area contributed by atoms with Crippen molar-refractivity contribution < 1.29 is 38.6 Å². The van der Waals surface area contributed by atoms with E-state index in [-0.39, 0.29) is 17.1 Å². The van der Waals surface area contributed by atoms with Crippen LogP contribution in [0.2, 0.25) is 0 Å². The van der Waals surface area contributed by atoms with Crippen LogP contribution in [-0.2, 0) is 6.61 Å². The molecule has 0 saturated heterocycles. The smallest absolute Gasteiger partial charge is 0.269 e. The van der Waals surface area contributed by atoms with E-state index in [1.165, 1.54) is 49.6 Å². The highest BCUT2D eigenvalue weighted by molar-refractivity contribution is 5.89. The summed E-state index contributed by atoms with van der Waals surface area (Å²) in [6, 6.07) is 31.6. The molecule has 0 aliphatic heterocycles. The molecule has 5 aromatic carbocycles. The summed E-state index contributed by atoms with van der Waals surface area (Å²) in [5.74, 6) is 3.42. The molecule has 0 saturated carbocycles. The summed E-state index contributed by atoms with van der Waals surface area (Å²) >= 11 is 0. The van der Waals surface area contributed by atoms with Gasteiger partial charge in [-0.05, 0) is 54.1 Å². The molecule has 0 bridgehead atoms. The lowest BCUT2D eigenvalue weighted by Gasteiger charge is -2.14. The first-order chi connectivity index (χ1) is 25.7. The minimum absolute atomic E-state index is 0.00353. The van der Waals surface area contributed by atoms with E-state index < -0.39 is 9.85 Å². The van der Waals surface area contributed by atoms with Crippen LogP contribution in [-0.4, -0.2) is 39.1 Å². The molecule has 0 radical (unpaired) electrons. The number of fused-ring (bicyclic) bond motifs is 2. The van der Waals surface area contributed by atoms with Gasteiger partial charge >= 0.3 is 0 Å². The fraction of sp³-hybridized carbons (Fsp3) is 0.0769. The fourth-order valence-electron chi connectivity index (χ4n) is 5.14. The molecule has 266 valence electrons. The molecule has 2 aromatic heterocycles. The summed E-state index contributed by atoms with van der Waals surface area (Å²) in [5.41, 5.74) is 2.26. The molecule has 0 aliphatic rings. The van der Waals surface area contributed by atoms with E-state index in [2.05, 4.69) is 9.97 Å². The predicted molar refractivity (Wildman–Crippen MR) is 195 cm³/mol. The van der Waals surface area contributed by atoms with Crippen LogP contribution in [0.3, 0.4) is 0 Å². The Morgan fingerprint density at radius 3 is 1.57 bits per heavy atom. The summed E-state index contributed by atoms with van der Waals surface area (Å²) in [4.78, 5) is 29.1. The number of hydrogen-bond donors (Lipinski definition) is 1. The van der Waals surface area contributed by atoms with E-state index in [1.54, 1.807) is 55.9 Å². The van der Waals surface area contributed by atoms with E-state index in [0.29, 0.717) is 63.3 Å². The van der Waals surface area contributed by atoms with Gasteiger partial charge in [0.25, 0.3) is 11.4 Å². The molecule has 0 fully saturated rings. The van der Waals surface area contributed by atoms with Crippen LogP contribution < -0.4 is 23.7 Å². The van der Waals surface area contributed by atoms with Crippen molar-refractivity contribution in [2.45, 2.75) is 6.61 Å². The first-order valence-electron chi connectivity index (χ1n) is 15.9. The Morgan fingerprint density at radius 2 is 1.08 bits per heavy atom. The third kappa shape index (κ3) is 8.46. The second-order valence-corrected chi connectivity index (χ2v) is 11.2. The van der Waals surface area contributed by atoms with Crippen molar-refractivity contribution in [1.29, 1.82) is 0 Å². The molecule has 0 amide bonds. The normalized spacial score (nSPS) is 10.5. The number of phenolic OH excluding ortho intramolecular Hbond substituents is 1. The quantitative estimate of drug-likeness (QED) is 0.0993. The van der Waals surface area contributed by atoms with Crippen molar-refractivity contribution in [3.05, 3.63) is 153 Å². The Bertz CT molecular complexity index is 2390. The van der Waals surface area contributed by atoms with Gasteiger partial charge in [0.1, 0.15) is 29.6 Å². The van der Waals surface area contributed by atoms with Crippen molar-refractivity contribution in [2.24, 2.45) is 0 Å². The Labute approximate surface area is 301 Å². The van der Waals surface area contributed by atoms with Gasteiger partial charge in [0.2, 0.25) is 0 Å². The zero-order chi connectivity index (χ0) is 37.3. The van der Waals surface area contributed by atoms with E-state index in [9.17, 15) is 25.3 Å². The molecule has 14 nitrogen and oxygen atoms in total. The summed E-state index contributed by atoms with van der Waals surface area (Å²) in [7, 11) is 3.03. The van der Waals surface area contributed by atoms with E-state index in [0.717, 1.165) is 10.9 Å². The van der Waals surface area contributed by atoms with Crippen molar-refractivity contribution in [1.82, 2.24) is 9.97 Å². The summed E-state index contributed by atoms with van der Waals surface area (Å²) in [6.07, 6.45) is 3.19. The number of rotatable bonds is 11. The number of benzene rings is 5. The molecule has 7 aromatic rings. The van der Waals surface area contributed by atoms with Gasteiger partial charge in [-0.3, -0.25) is 30.2 Å². The number of methoxy groups -OCH3 is 2. The van der Waals surface area contributed by atoms with Crippen LogP contribution >= 0.6 is 0 Å². The predicted octanol–water partition coefficient (Wildman–Crippen LogP) is 9.17. The van der Waals surface area contributed by atoms with Crippen LogP contribution in [0.1, 0.15) is 5.56 Å². The third-order valence-corrected chi connectivity index (χ3v) is 7.78. The lowest BCUT2D eigenvalue weighted by Crippen LogP contribution is -1.98. The largest absolute Gasteiger partial charge is 0.504 e. The molecule has 7 rings (SSSR count). The Kier molecular flexibility index (Phi) is 10.7. The Morgan fingerprint density at radius 1 is 0.585 bits per heavy atom. The van der Waals surface area contributed by atoms with Gasteiger partial charge in [-0.1, -0.05) is 30.3 Å². The SMILES string of the molecule is COc1cc2c(Oc3ccc([N+](=O)[O-])cc3)ccnc2cc1O.COc1cc2c(Oc3ccc([N+](=O)[O-])cc3)ccnc2cc1OCc1ccccc1. The van der Waals surface area contributed by atoms with E-state index in [1.807, 2.05) is 36.4 Å². The van der Waals surface area contributed by atoms with Crippen molar-refractivity contribution in [3.8, 4) is 46.0 Å². The van der Waals surface area contributed by atoms with Crippen LogP contribution in [0.25, 0.3) is 21.8 Å². The average Bonchev–Trinajstić information content (AvgIpc) is 3.18. The number of pyridine rings is 2. The molecule has 53 heavy (non-hydrogen) atoms. The first-order valence-corrected chi connectivity index (χ1v) is 15.9. The third-order valence-electron chi connectivity index (χ3n) is 7.78. The molecule has 14 heteroatoms. The van der Waals surface area contributed by atoms with Gasteiger partial charge in [0.05, 0.1) is 35.1 Å². The van der Waals surface area contributed by atoms with Crippen LogP contribution in [0.5, 0.6) is 46.0 Å². The molecular weight excluding hydrogens is 684 g/mol. The van der Waals surface area contributed by atoms with Crippen LogP contribution in [0, 0.1) is 20.2 Å². The van der Waals surface area contributed by atoms with Gasteiger partial charge in [0, 0.05) is 59.6 Å². The molecule has 1 N–H and O–H groups in total. The molecular formula is C39H30N4O10.